The number of unbranched alkanes of at least 4 members (excludes halogenated alkanes) is 1. The van der Waals surface area contributed by atoms with Crippen LogP contribution in [0.5, 0.6) is 0 Å². The van der Waals surface area contributed by atoms with E-state index in [1.807, 2.05) is 0 Å². The molecule has 0 aromatic heterocycles. The van der Waals surface area contributed by atoms with Crippen molar-refractivity contribution >= 4 is 0 Å². The number of β-amino-alcohol motifs (C(OH)–C–C–N with tert-alkyl or cyclic N) is 1. The molecule has 1 heterocycles. The molecule has 1 rings (SSSR count). The van der Waals surface area contributed by atoms with E-state index in [2.05, 4.69) is 25.7 Å². The van der Waals surface area contributed by atoms with E-state index in [9.17, 15) is 5.11 Å². The molecule has 2 nitrogen and oxygen atoms in total. The fraction of sp³-hybridized carbons (Fsp3) is 1.00. The Labute approximate surface area is 88.3 Å². The van der Waals surface area contributed by atoms with E-state index < -0.39 is 0 Å². The predicted molar refractivity (Wildman–Crippen MR) is 60.3 cm³/mol. The molecule has 1 aliphatic rings. The van der Waals surface area contributed by atoms with E-state index in [1.165, 1.54) is 19.3 Å². The molecule has 3 unspecified atom stereocenters. The van der Waals surface area contributed by atoms with Crippen molar-refractivity contribution in [1.29, 1.82) is 0 Å². The molecule has 0 aromatic carbocycles. The summed E-state index contributed by atoms with van der Waals surface area (Å²) in [5, 5.41) is 9.46. The van der Waals surface area contributed by atoms with E-state index in [1.54, 1.807) is 0 Å². The summed E-state index contributed by atoms with van der Waals surface area (Å²) in [6.45, 7) is 8.86. The van der Waals surface area contributed by atoms with Crippen LogP contribution in [0, 0.1) is 5.92 Å². The smallest absolute Gasteiger partial charge is 0.0679 e. The van der Waals surface area contributed by atoms with Crippen molar-refractivity contribution in [3.63, 3.8) is 0 Å². The van der Waals surface area contributed by atoms with Gasteiger partial charge in [0, 0.05) is 19.1 Å². The summed E-state index contributed by atoms with van der Waals surface area (Å²) < 4.78 is 0. The summed E-state index contributed by atoms with van der Waals surface area (Å²) in [4.78, 5) is 2.44. The lowest BCUT2D eigenvalue weighted by Crippen LogP contribution is -2.36. The van der Waals surface area contributed by atoms with Gasteiger partial charge in [-0.15, -0.1) is 0 Å². The molecular weight excluding hydrogens is 174 g/mol. The largest absolute Gasteiger partial charge is 0.392 e. The Morgan fingerprint density at radius 2 is 2.14 bits per heavy atom. The zero-order chi connectivity index (χ0) is 10.6. The van der Waals surface area contributed by atoms with Gasteiger partial charge in [0.05, 0.1) is 6.10 Å². The highest BCUT2D eigenvalue weighted by Gasteiger charge is 2.26. The monoisotopic (exact) mass is 199 g/mol. The molecule has 3 atom stereocenters. The highest BCUT2D eigenvalue weighted by Crippen LogP contribution is 2.21. The molecule has 1 aliphatic heterocycles. The van der Waals surface area contributed by atoms with Gasteiger partial charge in [0.2, 0.25) is 0 Å². The standard InChI is InChI=1S/C12H25NO/c1-4-5-6-10(2)11(3)13-8-7-12(14)9-13/h10-12,14H,4-9H2,1-3H3. The number of hydrogen-bond donors (Lipinski definition) is 1. The van der Waals surface area contributed by atoms with Gasteiger partial charge in [-0.1, -0.05) is 26.7 Å². The maximum atomic E-state index is 9.46. The van der Waals surface area contributed by atoms with Crippen molar-refractivity contribution in [1.82, 2.24) is 4.90 Å². The number of likely N-dealkylation sites (tertiary alicyclic amines) is 1. The minimum atomic E-state index is -0.0733. The zero-order valence-corrected chi connectivity index (χ0v) is 9.87. The first-order valence-corrected chi connectivity index (χ1v) is 6.07. The molecule has 1 fully saturated rings. The molecule has 0 radical (unpaired) electrons. The zero-order valence-electron chi connectivity index (χ0n) is 9.87. The van der Waals surface area contributed by atoms with E-state index in [4.69, 9.17) is 0 Å². The van der Waals surface area contributed by atoms with E-state index in [0.29, 0.717) is 6.04 Å². The fourth-order valence-corrected chi connectivity index (χ4v) is 2.27. The van der Waals surface area contributed by atoms with Crippen molar-refractivity contribution < 1.29 is 5.11 Å². The van der Waals surface area contributed by atoms with Crippen LogP contribution in [0.15, 0.2) is 0 Å². The summed E-state index contributed by atoms with van der Waals surface area (Å²) in [5.41, 5.74) is 0. The Balaban J connectivity index is 2.28. The highest BCUT2D eigenvalue weighted by atomic mass is 16.3. The first kappa shape index (κ1) is 12.0. The Bertz CT molecular complexity index is 160. The molecule has 2 heteroatoms. The average Bonchev–Trinajstić information content (AvgIpc) is 2.60. The quantitative estimate of drug-likeness (QED) is 0.734. The van der Waals surface area contributed by atoms with Crippen molar-refractivity contribution in [2.45, 2.75) is 58.6 Å². The maximum absolute atomic E-state index is 9.46. The SMILES string of the molecule is CCCCC(C)C(C)N1CCC(O)C1. The lowest BCUT2D eigenvalue weighted by atomic mass is 9.96. The number of aliphatic hydroxyl groups is 1. The van der Waals surface area contributed by atoms with Crippen molar-refractivity contribution in [3.8, 4) is 0 Å². The predicted octanol–water partition coefficient (Wildman–Crippen LogP) is 2.27. The fourth-order valence-electron chi connectivity index (χ4n) is 2.27. The van der Waals surface area contributed by atoms with Crippen molar-refractivity contribution in [2.75, 3.05) is 13.1 Å². The second-order valence-electron chi connectivity index (χ2n) is 4.80. The molecule has 0 saturated carbocycles. The van der Waals surface area contributed by atoms with E-state index in [-0.39, 0.29) is 6.10 Å². The van der Waals surface area contributed by atoms with Crippen LogP contribution >= 0.6 is 0 Å². The van der Waals surface area contributed by atoms with Crippen molar-refractivity contribution in [2.24, 2.45) is 5.92 Å². The molecule has 14 heavy (non-hydrogen) atoms. The number of nitrogens with zero attached hydrogens (tertiary/aromatic N) is 1. The molecule has 0 aromatic rings. The van der Waals surface area contributed by atoms with Gasteiger partial charge in [0.1, 0.15) is 0 Å². The van der Waals surface area contributed by atoms with Crippen LogP contribution in [0.3, 0.4) is 0 Å². The van der Waals surface area contributed by atoms with Gasteiger partial charge in [0.25, 0.3) is 0 Å². The molecule has 0 spiro atoms. The van der Waals surface area contributed by atoms with Crippen LogP contribution in [-0.2, 0) is 0 Å². The lowest BCUT2D eigenvalue weighted by molar-refractivity contribution is 0.141. The normalized spacial score (nSPS) is 27.9. The third-order valence-corrected chi connectivity index (χ3v) is 3.61. The van der Waals surface area contributed by atoms with Gasteiger partial charge >= 0.3 is 0 Å². The minimum Gasteiger partial charge on any atom is -0.392 e. The van der Waals surface area contributed by atoms with Crippen LogP contribution in [0.25, 0.3) is 0 Å². The number of rotatable bonds is 5. The topological polar surface area (TPSA) is 23.5 Å². The second kappa shape index (κ2) is 5.72. The first-order valence-electron chi connectivity index (χ1n) is 6.07. The van der Waals surface area contributed by atoms with Gasteiger partial charge in [-0.05, 0) is 25.7 Å². The third kappa shape index (κ3) is 3.25. The van der Waals surface area contributed by atoms with Gasteiger partial charge in [-0.25, -0.2) is 0 Å². The summed E-state index contributed by atoms with van der Waals surface area (Å²) in [6.07, 6.45) is 4.84. The molecule has 0 amide bonds. The maximum Gasteiger partial charge on any atom is 0.0679 e. The summed E-state index contributed by atoms with van der Waals surface area (Å²) in [5.74, 6) is 0.764. The highest BCUT2D eigenvalue weighted by molar-refractivity contribution is 4.81. The van der Waals surface area contributed by atoms with Gasteiger partial charge in [-0.2, -0.15) is 0 Å². The Morgan fingerprint density at radius 1 is 1.43 bits per heavy atom. The van der Waals surface area contributed by atoms with E-state index in [0.717, 1.165) is 25.4 Å². The number of aliphatic hydroxyl groups excluding tert-OH is 1. The third-order valence-electron chi connectivity index (χ3n) is 3.61. The molecule has 0 bridgehead atoms. The Kier molecular flexibility index (Phi) is 4.90. The summed E-state index contributed by atoms with van der Waals surface area (Å²) in [6, 6.07) is 0.638. The lowest BCUT2D eigenvalue weighted by Gasteiger charge is -2.29. The average molecular weight is 199 g/mol. The molecule has 84 valence electrons. The Hall–Kier alpha value is -0.0800. The molecule has 0 aliphatic carbocycles. The van der Waals surface area contributed by atoms with Gasteiger partial charge < -0.3 is 5.11 Å². The van der Waals surface area contributed by atoms with Crippen LogP contribution in [0.4, 0.5) is 0 Å². The molecule has 1 saturated heterocycles. The van der Waals surface area contributed by atoms with Gasteiger partial charge in [0.15, 0.2) is 0 Å². The van der Waals surface area contributed by atoms with Crippen LogP contribution < -0.4 is 0 Å². The van der Waals surface area contributed by atoms with Crippen molar-refractivity contribution in [3.05, 3.63) is 0 Å². The Morgan fingerprint density at radius 3 is 2.64 bits per heavy atom. The minimum absolute atomic E-state index is 0.0733. The van der Waals surface area contributed by atoms with Gasteiger partial charge in [-0.3, -0.25) is 4.90 Å². The van der Waals surface area contributed by atoms with Crippen LogP contribution in [-0.4, -0.2) is 35.2 Å². The summed E-state index contributed by atoms with van der Waals surface area (Å²) in [7, 11) is 0. The van der Waals surface area contributed by atoms with Crippen LogP contribution in [0.1, 0.15) is 46.5 Å². The number of hydrogen-bond acceptors (Lipinski definition) is 2. The van der Waals surface area contributed by atoms with E-state index >= 15 is 0 Å². The molecular formula is C12H25NO. The summed E-state index contributed by atoms with van der Waals surface area (Å²) >= 11 is 0. The second-order valence-corrected chi connectivity index (χ2v) is 4.80. The molecule has 1 N–H and O–H groups in total. The first-order chi connectivity index (χ1) is 6.65. The van der Waals surface area contributed by atoms with Crippen LogP contribution in [0.2, 0.25) is 0 Å².